The first-order chi connectivity index (χ1) is 15.4. The topological polar surface area (TPSA) is 36.3 Å². The zero-order chi connectivity index (χ0) is 22.7. The maximum atomic E-state index is 6.17. The average Bonchev–Trinajstić information content (AvgIpc) is 3.05. The molecular formula is C24H27Cl2N5S. The highest BCUT2D eigenvalue weighted by molar-refractivity contribution is 7.80. The lowest BCUT2D eigenvalue weighted by atomic mass is 10.2. The summed E-state index contributed by atoms with van der Waals surface area (Å²) < 4.78 is 1.97. The van der Waals surface area contributed by atoms with Crippen LogP contribution in [0.15, 0.2) is 48.5 Å². The fraction of sp³-hybridized carbons (Fsp3) is 0.333. The van der Waals surface area contributed by atoms with Crippen LogP contribution < -0.4 is 5.32 Å². The third kappa shape index (κ3) is 5.44. The molecule has 0 amide bonds. The van der Waals surface area contributed by atoms with E-state index in [1.54, 1.807) is 0 Å². The van der Waals surface area contributed by atoms with E-state index in [2.05, 4.69) is 52.4 Å². The van der Waals surface area contributed by atoms with Gasteiger partial charge in [-0.25, -0.2) is 0 Å². The van der Waals surface area contributed by atoms with Gasteiger partial charge in [-0.2, -0.15) is 5.10 Å². The normalized spacial score (nSPS) is 14.6. The zero-order valence-electron chi connectivity index (χ0n) is 18.3. The summed E-state index contributed by atoms with van der Waals surface area (Å²) in [6.45, 7) is 9.46. The minimum absolute atomic E-state index is 0.552. The summed E-state index contributed by atoms with van der Waals surface area (Å²) in [6, 6.07) is 16.3. The van der Waals surface area contributed by atoms with Gasteiger partial charge in [0.15, 0.2) is 5.11 Å². The molecule has 32 heavy (non-hydrogen) atoms. The van der Waals surface area contributed by atoms with Crippen LogP contribution in [0.1, 0.15) is 22.5 Å². The Labute approximate surface area is 204 Å². The smallest absolute Gasteiger partial charge is 0.173 e. The molecule has 8 heteroatoms. The molecule has 5 nitrogen and oxygen atoms in total. The van der Waals surface area contributed by atoms with Crippen molar-refractivity contribution in [3.05, 3.63) is 81.1 Å². The molecule has 0 unspecified atom stereocenters. The third-order valence-corrected chi connectivity index (χ3v) is 6.94. The number of thiocarbonyl (C=S) groups is 1. The van der Waals surface area contributed by atoms with Gasteiger partial charge in [-0.05, 0) is 49.3 Å². The molecule has 3 aromatic rings. The molecule has 4 rings (SSSR count). The predicted octanol–water partition coefficient (Wildman–Crippen LogP) is 5.37. The molecule has 168 valence electrons. The maximum absolute atomic E-state index is 6.17. The lowest BCUT2D eigenvalue weighted by Crippen LogP contribution is -2.49. The fourth-order valence-corrected chi connectivity index (χ4v) is 4.58. The summed E-state index contributed by atoms with van der Waals surface area (Å²) in [7, 11) is 0. The Morgan fingerprint density at radius 3 is 2.34 bits per heavy atom. The van der Waals surface area contributed by atoms with Gasteiger partial charge in [0.1, 0.15) is 0 Å². The van der Waals surface area contributed by atoms with Crippen LogP contribution in [0.2, 0.25) is 10.0 Å². The molecule has 1 aromatic heterocycles. The van der Waals surface area contributed by atoms with Crippen molar-refractivity contribution in [3.8, 4) is 0 Å². The number of anilines is 1. The molecule has 1 N–H and O–H groups in total. The number of hydrogen-bond acceptors (Lipinski definition) is 3. The van der Waals surface area contributed by atoms with Crippen LogP contribution in [0.25, 0.3) is 0 Å². The SMILES string of the molecule is Cc1nn(Cc2ccc(Cl)c(Cl)c2)c(C)c1NC(=S)N1CCN(Cc2ccccc2)CC1. The molecule has 1 aliphatic rings. The van der Waals surface area contributed by atoms with Crippen LogP contribution in [-0.2, 0) is 13.1 Å². The lowest BCUT2D eigenvalue weighted by Gasteiger charge is -2.36. The van der Waals surface area contributed by atoms with Gasteiger partial charge in [0.2, 0.25) is 0 Å². The minimum atomic E-state index is 0.552. The number of piperazine rings is 1. The van der Waals surface area contributed by atoms with Gasteiger partial charge in [0, 0.05) is 32.7 Å². The van der Waals surface area contributed by atoms with Gasteiger partial charge in [-0.15, -0.1) is 0 Å². The molecular weight excluding hydrogens is 461 g/mol. The predicted molar refractivity (Wildman–Crippen MR) is 137 cm³/mol. The van der Waals surface area contributed by atoms with Crippen molar-refractivity contribution in [2.45, 2.75) is 26.9 Å². The summed E-state index contributed by atoms with van der Waals surface area (Å²) in [5, 5.41) is 10.0. The van der Waals surface area contributed by atoms with Gasteiger partial charge in [-0.3, -0.25) is 9.58 Å². The zero-order valence-corrected chi connectivity index (χ0v) is 20.6. The minimum Gasteiger partial charge on any atom is -0.346 e. The summed E-state index contributed by atoms with van der Waals surface area (Å²) in [5.41, 5.74) is 5.34. The molecule has 0 aliphatic carbocycles. The lowest BCUT2D eigenvalue weighted by molar-refractivity contribution is 0.177. The number of aromatic nitrogens is 2. The Balaban J connectivity index is 1.36. The van der Waals surface area contributed by atoms with E-state index < -0.39 is 0 Å². The van der Waals surface area contributed by atoms with E-state index in [-0.39, 0.29) is 0 Å². The van der Waals surface area contributed by atoms with Crippen molar-refractivity contribution in [1.82, 2.24) is 19.6 Å². The molecule has 1 aliphatic heterocycles. The van der Waals surface area contributed by atoms with Gasteiger partial charge >= 0.3 is 0 Å². The van der Waals surface area contributed by atoms with Crippen LogP contribution in [0.5, 0.6) is 0 Å². The molecule has 0 spiro atoms. The van der Waals surface area contributed by atoms with Gasteiger partial charge in [0.25, 0.3) is 0 Å². The van der Waals surface area contributed by atoms with Gasteiger partial charge in [0.05, 0.1) is 33.7 Å². The summed E-state index contributed by atoms with van der Waals surface area (Å²) >= 11 is 17.9. The number of hydrogen-bond donors (Lipinski definition) is 1. The van der Waals surface area contributed by atoms with Crippen molar-refractivity contribution in [2.24, 2.45) is 0 Å². The number of aryl methyl sites for hydroxylation is 1. The number of halogens is 2. The second-order valence-corrected chi connectivity index (χ2v) is 9.33. The van der Waals surface area contributed by atoms with E-state index in [4.69, 9.17) is 40.5 Å². The number of nitrogens with zero attached hydrogens (tertiary/aromatic N) is 4. The summed E-state index contributed by atoms with van der Waals surface area (Å²) in [4.78, 5) is 4.71. The Hall–Kier alpha value is -2.12. The Kier molecular flexibility index (Phi) is 7.36. The number of benzene rings is 2. The van der Waals surface area contributed by atoms with Crippen LogP contribution in [0.4, 0.5) is 5.69 Å². The largest absolute Gasteiger partial charge is 0.346 e. The molecule has 1 saturated heterocycles. The molecule has 0 saturated carbocycles. The molecule has 0 atom stereocenters. The highest BCUT2D eigenvalue weighted by Gasteiger charge is 2.21. The third-order valence-electron chi connectivity index (χ3n) is 5.84. The first-order valence-corrected chi connectivity index (χ1v) is 11.9. The second kappa shape index (κ2) is 10.2. The first-order valence-electron chi connectivity index (χ1n) is 10.7. The van der Waals surface area contributed by atoms with Crippen molar-refractivity contribution >= 4 is 46.2 Å². The van der Waals surface area contributed by atoms with Crippen molar-refractivity contribution in [1.29, 1.82) is 0 Å². The van der Waals surface area contributed by atoms with E-state index >= 15 is 0 Å². The molecule has 0 bridgehead atoms. The number of nitrogens with one attached hydrogen (secondary N) is 1. The van der Waals surface area contributed by atoms with E-state index in [0.29, 0.717) is 16.6 Å². The van der Waals surface area contributed by atoms with E-state index in [0.717, 1.165) is 60.5 Å². The van der Waals surface area contributed by atoms with E-state index in [1.165, 1.54) is 5.56 Å². The molecule has 1 fully saturated rings. The van der Waals surface area contributed by atoms with Crippen molar-refractivity contribution in [3.63, 3.8) is 0 Å². The van der Waals surface area contributed by atoms with Crippen LogP contribution in [0.3, 0.4) is 0 Å². The van der Waals surface area contributed by atoms with Crippen molar-refractivity contribution < 1.29 is 0 Å². The van der Waals surface area contributed by atoms with E-state index in [9.17, 15) is 0 Å². The highest BCUT2D eigenvalue weighted by atomic mass is 35.5. The maximum Gasteiger partial charge on any atom is 0.173 e. The van der Waals surface area contributed by atoms with Crippen molar-refractivity contribution in [2.75, 3.05) is 31.5 Å². The summed E-state index contributed by atoms with van der Waals surface area (Å²) in [5.74, 6) is 0. The Morgan fingerprint density at radius 2 is 1.66 bits per heavy atom. The average molecular weight is 488 g/mol. The monoisotopic (exact) mass is 487 g/mol. The Morgan fingerprint density at radius 1 is 0.938 bits per heavy atom. The first kappa shape index (κ1) is 23.1. The van der Waals surface area contributed by atoms with Gasteiger partial charge < -0.3 is 10.2 Å². The summed E-state index contributed by atoms with van der Waals surface area (Å²) in [6.07, 6.45) is 0. The Bertz CT molecular complexity index is 1090. The quantitative estimate of drug-likeness (QED) is 0.489. The standard InChI is InChI=1S/C24H27Cl2N5S/c1-17-23(18(2)31(28-17)16-20-8-9-21(25)22(26)14-20)27-24(32)30-12-10-29(11-13-30)15-19-6-4-3-5-7-19/h3-9,14H,10-13,15-16H2,1-2H3,(H,27,32). The van der Waals surface area contributed by atoms with Gasteiger partial charge in [-0.1, -0.05) is 59.6 Å². The van der Waals surface area contributed by atoms with Crippen LogP contribution in [-0.4, -0.2) is 50.9 Å². The number of rotatable bonds is 5. The van der Waals surface area contributed by atoms with Crippen LogP contribution >= 0.6 is 35.4 Å². The van der Waals surface area contributed by atoms with Crippen LogP contribution in [0, 0.1) is 13.8 Å². The second-order valence-electron chi connectivity index (χ2n) is 8.13. The fourth-order valence-electron chi connectivity index (χ4n) is 3.98. The molecule has 0 radical (unpaired) electrons. The molecule has 2 heterocycles. The van der Waals surface area contributed by atoms with E-state index in [1.807, 2.05) is 29.8 Å². The molecule has 2 aromatic carbocycles. The highest BCUT2D eigenvalue weighted by Crippen LogP contribution is 2.25.